The number of aromatic nitrogens is 2. The second-order valence-electron chi connectivity index (χ2n) is 10.8. The van der Waals surface area contributed by atoms with Gasteiger partial charge < -0.3 is 14.8 Å². The molecule has 10 heteroatoms. The number of amides is 1. The summed E-state index contributed by atoms with van der Waals surface area (Å²) in [7, 11) is -2.55. The van der Waals surface area contributed by atoms with E-state index >= 15 is 0 Å². The van der Waals surface area contributed by atoms with Gasteiger partial charge >= 0.3 is 0 Å². The van der Waals surface area contributed by atoms with E-state index < -0.39 is 10.0 Å². The third-order valence-corrected chi connectivity index (χ3v) is 8.44. The number of ether oxygens (including phenoxy) is 2. The summed E-state index contributed by atoms with van der Waals surface area (Å²) in [5.74, 6) is 0.615. The van der Waals surface area contributed by atoms with Crippen molar-refractivity contribution in [2.24, 2.45) is 5.92 Å². The van der Waals surface area contributed by atoms with Crippen molar-refractivity contribution in [3.63, 3.8) is 0 Å². The van der Waals surface area contributed by atoms with Crippen LogP contribution in [0.25, 0.3) is 22.4 Å². The third-order valence-electron chi connectivity index (χ3n) is 7.12. The van der Waals surface area contributed by atoms with Crippen LogP contribution in [0.15, 0.2) is 71.6 Å². The first-order chi connectivity index (χ1) is 20.1. The van der Waals surface area contributed by atoms with E-state index in [4.69, 9.17) is 14.5 Å². The lowest BCUT2D eigenvalue weighted by Crippen LogP contribution is -2.40. The molecule has 2 heterocycles. The minimum atomic E-state index is -4.15. The van der Waals surface area contributed by atoms with Gasteiger partial charge in [-0.05, 0) is 73.2 Å². The molecular weight excluding hydrogens is 552 g/mol. The van der Waals surface area contributed by atoms with Crippen LogP contribution in [0.5, 0.6) is 11.6 Å². The average Bonchev–Trinajstić information content (AvgIpc) is 2.95. The molecule has 4 aromatic rings. The molecule has 0 saturated heterocycles. The summed E-state index contributed by atoms with van der Waals surface area (Å²) in [5, 5.41) is 3.03. The highest BCUT2D eigenvalue weighted by Crippen LogP contribution is 2.41. The molecule has 1 amide bonds. The third kappa shape index (κ3) is 6.08. The monoisotopic (exact) mass is 586 g/mol. The predicted molar refractivity (Wildman–Crippen MR) is 162 cm³/mol. The maximum atomic E-state index is 13.5. The minimum absolute atomic E-state index is 0.0753. The Morgan fingerprint density at radius 1 is 0.952 bits per heavy atom. The van der Waals surface area contributed by atoms with Gasteiger partial charge in [0.05, 0.1) is 29.3 Å². The summed E-state index contributed by atoms with van der Waals surface area (Å²) in [4.78, 5) is 22.5. The van der Waals surface area contributed by atoms with E-state index in [0.29, 0.717) is 23.4 Å². The molecule has 42 heavy (non-hydrogen) atoms. The number of nitrogens with one attached hydrogen (secondary N) is 2. The second kappa shape index (κ2) is 11.8. The summed E-state index contributed by atoms with van der Waals surface area (Å²) >= 11 is 0. The van der Waals surface area contributed by atoms with Crippen LogP contribution in [-0.4, -0.2) is 44.1 Å². The summed E-state index contributed by atoms with van der Waals surface area (Å²) in [6.45, 7) is 8.20. The van der Waals surface area contributed by atoms with Crippen molar-refractivity contribution in [2.45, 2.75) is 45.1 Å². The number of sulfonamides is 1. The van der Waals surface area contributed by atoms with Gasteiger partial charge in [-0.1, -0.05) is 50.2 Å². The molecule has 0 unspecified atom stereocenters. The fourth-order valence-corrected chi connectivity index (χ4v) is 6.14. The Kier molecular flexibility index (Phi) is 8.17. The first-order valence-electron chi connectivity index (χ1n) is 13.8. The zero-order valence-electron chi connectivity index (χ0n) is 24.3. The van der Waals surface area contributed by atoms with E-state index in [-0.39, 0.29) is 46.8 Å². The van der Waals surface area contributed by atoms with E-state index in [2.05, 4.69) is 28.9 Å². The van der Waals surface area contributed by atoms with Crippen molar-refractivity contribution in [2.75, 3.05) is 18.4 Å². The average molecular weight is 587 g/mol. The van der Waals surface area contributed by atoms with Crippen molar-refractivity contribution >= 4 is 21.9 Å². The second-order valence-corrected chi connectivity index (χ2v) is 12.5. The SMILES string of the molecule is COc1ccc(-c2c3nc(nc2-c2c(C)cccc2C)NS(=O)(=O)c2cccc(c2)C(=O)N[C@H](CC(C)C)CO3)cc1. The van der Waals surface area contributed by atoms with Crippen LogP contribution in [0.1, 0.15) is 41.8 Å². The predicted octanol–water partition coefficient (Wildman–Crippen LogP) is 5.77. The van der Waals surface area contributed by atoms with Crippen LogP contribution in [0.4, 0.5) is 5.95 Å². The molecule has 0 aliphatic carbocycles. The Labute approximate surface area is 246 Å². The Balaban J connectivity index is 1.78. The number of benzene rings is 3. The molecule has 1 aliphatic heterocycles. The highest BCUT2D eigenvalue weighted by Gasteiger charge is 2.27. The maximum absolute atomic E-state index is 13.5. The van der Waals surface area contributed by atoms with Crippen LogP contribution < -0.4 is 19.5 Å². The quantitative estimate of drug-likeness (QED) is 0.305. The van der Waals surface area contributed by atoms with E-state index in [1.54, 1.807) is 13.2 Å². The number of nitrogens with zero attached hydrogens (tertiary/aromatic N) is 2. The number of fused-ring (bicyclic) bond motifs is 4. The molecule has 0 radical (unpaired) electrons. The van der Waals surface area contributed by atoms with E-state index in [1.807, 2.05) is 56.3 Å². The molecule has 0 spiro atoms. The number of aryl methyl sites for hydroxylation is 2. The first kappa shape index (κ1) is 29.1. The topological polar surface area (TPSA) is 120 Å². The molecule has 1 atom stereocenters. The molecule has 0 fully saturated rings. The zero-order chi connectivity index (χ0) is 30.0. The van der Waals surface area contributed by atoms with Gasteiger partial charge in [-0.3, -0.25) is 4.79 Å². The minimum Gasteiger partial charge on any atom is -0.497 e. The molecule has 3 aromatic carbocycles. The van der Waals surface area contributed by atoms with Crippen LogP contribution in [0.3, 0.4) is 0 Å². The number of anilines is 1. The highest BCUT2D eigenvalue weighted by molar-refractivity contribution is 7.92. The molecule has 4 bridgehead atoms. The summed E-state index contributed by atoms with van der Waals surface area (Å²) in [6, 6.07) is 18.9. The standard InChI is InChI=1S/C32H34N4O5S/c1-19(2)16-24-18-41-31-28(22-12-14-25(40-5)15-13-22)29(27-20(3)8-6-9-21(27)4)34-32(35-31)36-42(38,39)26-11-7-10-23(17-26)30(37)33-24/h6-15,17,19,24H,16,18H2,1-5H3,(H,33,37)(H,34,35,36)/t24-/m1/s1. The van der Waals surface area contributed by atoms with E-state index in [1.165, 1.54) is 18.2 Å². The van der Waals surface area contributed by atoms with Crippen LogP contribution in [-0.2, 0) is 10.0 Å². The van der Waals surface area contributed by atoms with Crippen molar-refractivity contribution < 1.29 is 22.7 Å². The number of hydrogen-bond acceptors (Lipinski definition) is 7. The van der Waals surface area contributed by atoms with Crippen LogP contribution >= 0.6 is 0 Å². The molecule has 218 valence electrons. The first-order valence-corrected chi connectivity index (χ1v) is 15.2. The van der Waals surface area contributed by atoms with Gasteiger partial charge in [0, 0.05) is 11.1 Å². The van der Waals surface area contributed by atoms with E-state index in [0.717, 1.165) is 22.3 Å². The van der Waals surface area contributed by atoms with Gasteiger partial charge in [-0.2, -0.15) is 4.98 Å². The largest absolute Gasteiger partial charge is 0.497 e. The lowest BCUT2D eigenvalue weighted by atomic mass is 9.94. The summed E-state index contributed by atoms with van der Waals surface area (Å²) in [6.07, 6.45) is 0.640. The maximum Gasteiger partial charge on any atom is 0.264 e. The molecule has 0 saturated carbocycles. The van der Waals surface area contributed by atoms with Crippen molar-refractivity contribution in [1.82, 2.24) is 15.3 Å². The van der Waals surface area contributed by atoms with Crippen molar-refractivity contribution in [1.29, 1.82) is 0 Å². The normalized spacial score (nSPS) is 16.2. The number of carbonyl (C=O) groups is 1. The molecule has 1 aliphatic rings. The summed E-state index contributed by atoms with van der Waals surface area (Å²) in [5.41, 5.74) is 4.87. The smallest absolute Gasteiger partial charge is 0.264 e. The molecular formula is C32H34N4O5S. The fraction of sp³-hybridized carbons (Fsp3) is 0.281. The van der Waals surface area contributed by atoms with Crippen molar-refractivity contribution in [3.05, 3.63) is 83.4 Å². The van der Waals surface area contributed by atoms with Gasteiger partial charge in [-0.25, -0.2) is 18.1 Å². The number of rotatable bonds is 5. The number of methoxy groups -OCH3 is 1. The van der Waals surface area contributed by atoms with Crippen molar-refractivity contribution in [3.8, 4) is 34.0 Å². The Bertz CT molecular complexity index is 1720. The van der Waals surface area contributed by atoms with Gasteiger partial charge in [-0.15, -0.1) is 0 Å². The Morgan fingerprint density at radius 2 is 1.64 bits per heavy atom. The molecule has 9 nitrogen and oxygen atoms in total. The summed E-state index contributed by atoms with van der Waals surface area (Å²) < 4.78 is 41.3. The Hall–Kier alpha value is -4.44. The lowest BCUT2D eigenvalue weighted by Gasteiger charge is -2.23. The van der Waals surface area contributed by atoms with E-state index in [9.17, 15) is 13.2 Å². The Morgan fingerprint density at radius 3 is 2.31 bits per heavy atom. The lowest BCUT2D eigenvalue weighted by molar-refractivity contribution is 0.0913. The van der Waals surface area contributed by atoms with Gasteiger partial charge in [0.1, 0.15) is 12.4 Å². The van der Waals surface area contributed by atoms with Gasteiger partial charge in [0.25, 0.3) is 15.9 Å². The van der Waals surface area contributed by atoms with Gasteiger partial charge in [0.2, 0.25) is 11.8 Å². The molecule has 1 aromatic heterocycles. The van der Waals surface area contributed by atoms with Crippen LogP contribution in [0, 0.1) is 19.8 Å². The number of hydrogen-bond donors (Lipinski definition) is 2. The van der Waals surface area contributed by atoms with Crippen LogP contribution in [0.2, 0.25) is 0 Å². The molecule has 5 rings (SSSR count). The number of carbonyl (C=O) groups excluding carboxylic acids is 1. The highest BCUT2D eigenvalue weighted by atomic mass is 32.2. The van der Waals surface area contributed by atoms with Gasteiger partial charge in [0.15, 0.2) is 0 Å². The molecule has 2 N–H and O–H groups in total. The zero-order valence-corrected chi connectivity index (χ0v) is 25.1. The fourth-order valence-electron chi connectivity index (χ4n) is 5.15.